The van der Waals surface area contributed by atoms with Gasteiger partial charge >= 0.3 is 0 Å². The summed E-state index contributed by atoms with van der Waals surface area (Å²) in [4.78, 5) is 19.0. The molecule has 2 fully saturated rings. The standard InChI is InChI=1S/C20H25N3O3S/c1-13-10-14(22-19(24)15-11-17(15)25-2)6-7-16(13)26-18-12-21-20(27-18)23-8-4-3-5-9-23/h6-7,10,12,15,17H,3-5,8-9,11H2,1-2H3,(H,22,24). The summed E-state index contributed by atoms with van der Waals surface area (Å²) < 4.78 is 11.2. The molecule has 7 heteroatoms. The molecule has 1 N–H and O–H groups in total. The molecule has 1 aromatic heterocycles. The number of carbonyl (C=O) groups is 1. The molecule has 4 rings (SSSR count). The van der Waals surface area contributed by atoms with E-state index in [1.54, 1.807) is 24.6 Å². The first-order valence-corrected chi connectivity index (χ1v) is 10.3. The van der Waals surface area contributed by atoms with Gasteiger partial charge < -0.3 is 19.7 Å². The molecular weight excluding hydrogens is 362 g/mol. The van der Waals surface area contributed by atoms with E-state index in [2.05, 4.69) is 15.2 Å². The van der Waals surface area contributed by atoms with Crippen molar-refractivity contribution in [3.63, 3.8) is 0 Å². The normalized spacial score (nSPS) is 21.8. The Hall–Kier alpha value is -2.12. The summed E-state index contributed by atoms with van der Waals surface area (Å²) in [7, 11) is 1.64. The van der Waals surface area contributed by atoms with Crippen molar-refractivity contribution in [3.05, 3.63) is 30.0 Å². The summed E-state index contributed by atoms with van der Waals surface area (Å²) in [5, 5.41) is 4.78. The number of nitrogens with one attached hydrogen (secondary N) is 1. The van der Waals surface area contributed by atoms with E-state index in [9.17, 15) is 4.79 Å². The third kappa shape index (κ3) is 4.25. The van der Waals surface area contributed by atoms with Crippen molar-refractivity contribution in [2.24, 2.45) is 5.92 Å². The highest BCUT2D eigenvalue weighted by Crippen LogP contribution is 2.36. The van der Waals surface area contributed by atoms with Gasteiger partial charge in [0, 0.05) is 25.9 Å². The van der Waals surface area contributed by atoms with Crippen LogP contribution in [0.5, 0.6) is 10.8 Å². The molecule has 6 nitrogen and oxygen atoms in total. The highest BCUT2D eigenvalue weighted by Gasteiger charge is 2.43. The van der Waals surface area contributed by atoms with Crippen LogP contribution in [0.3, 0.4) is 0 Å². The van der Waals surface area contributed by atoms with Crippen molar-refractivity contribution in [1.29, 1.82) is 0 Å². The quantitative estimate of drug-likeness (QED) is 0.804. The predicted octanol–water partition coefficient (Wildman–Crippen LogP) is 4.21. The second-order valence-electron chi connectivity index (χ2n) is 7.20. The second kappa shape index (κ2) is 7.86. The third-order valence-electron chi connectivity index (χ3n) is 5.12. The van der Waals surface area contributed by atoms with Gasteiger partial charge in [0.05, 0.1) is 18.2 Å². The average Bonchev–Trinajstić information content (AvgIpc) is 3.34. The van der Waals surface area contributed by atoms with Gasteiger partial charge in [-0.25, -0.2) is 4.98 Å². The lowest BCUT2D eigenvalue weighted by Crippen LogP contribution is -2.29. The second-order valence-corrected chi connectivity index (χ2v) is 8.17. The molecule has 1 saturated carbocycles. The van der Waals surface area contributed by atoms with E-state index in [4.69, 9.17) is 9.47 Å². The van der Waals surface area contributed by atoms with E-state index >= 15 is 0 Å². The zero-order valence-electron chi connectivity index (χ0n) is 15.7. The van der Waals surface area contributed by atoms with Crippen LogP contribution in [0.2, 0.25) is 0 Å². The molecule has 1 saturated heterocycles. The van der Waals surface area contributed by atoms with Gasteiger partial charge in [-0.1, -0.05) is 11.3 Å². The summed E-state index contributed by atoms with van der Waals surface area (Å²) in [6.45, 7) is 4.13. The SMILES string of the molecule is COC1CC1C(=O)Nc1ccc(Oc2cnc(N3CCCCC3)s2)c(C)c1. The molecule has 2 heterocycles. The van der Waals surface area contributed by atoms with E-state index < -0.39 is 0 Å². The highest BCUT2D eigenvalue weighted by molar-refractivity contribution is 7.17. The molecular formula is C20H25N3O3S. The molecule has 2 aromatic rings. The molecule has 2 aliphatic rings. The minimum atomic E-state index is -0.0309. The fourth-order valence-corrected chi connectivity index (χ4v) is 4.26. The Morgan fingerprint density at radius 2 is 2.11 bits per heavy atom. The number of thiazole rings is 1. The van der Waals surface area contributed by atoms with Gasteiger partial charge in [-0.05, 0) is 56.4 Å². The van der Waals surface area contributed by atoms with Gasteiger partial charge in [0.2, 0.25) is 11.0 Å². The predicted molar refractivity (Wildman–Crippen MR) is 107 cm³/mol. The van der Waals surface area contributed by atoms with Gasteiger partial charge in [-0.2, -0.15) is 0 Å². The van der Waals surface area contributed by atoms with Crippen LogP contribution in [0.25, 0.3) is 0 Å². The van der Waals surface area contributed by atoms with E-state index in [1.807, 2.05) is 25.1 Å². The Labute approximate surface area is 163 Å². The fraction of sp³-hybridized carbons (Fsp3) is 0.500. The lowest BCUT2D eigenvalue weighted by Gasteiger charge is -2.25. The van der Waals surface area contributed by atoms with Crippen molar-refractivity contribution in [2.45, 2.75) is 38.7 Å². The third-order valence-corrected chi connectivity index (χ3v) is 6.06. The minimum Gasteiger partial charge on any atom is -0.445 e. The van der Waals surface area contributed by atoms with Crippen LogP contribution in [-0.4, -0.2) is 37.2 Å². The van der Waals surface area contributed by atoms with E-state index in [-0.39, 0.29) is 17.9 Å². The van der Waals surface area contributed by atoms with Crippen LogP contribution in [0.4, 0.5) is 10.8 Å². The largest absolute Gasteiger partial charge is 0.445 e. The van der Waals surface area contributed by atoms with Gasteiger partial charge in [0.15, 0.2) is 5.13 Å². The highest BCUT2D eigenvalue weighted by atomic mass is 32.1. The van der Waals surface area contributed by atoms with E-state index in [0.29, 0.717) is 0 Å². The van der Waals surface area contributed by atoms with E-state index in [0.717, 1.165) is 46.7 Å². The number of aryl methyl sites for hydroxylation is 1. The number of hydrogen-bond acceptors (Lipinski definition) is 6. The van der Waals surface area contributed by atoms with Crippen LogP contribution in [-0.2, 0) is 9.53 Å². The first-order valence-electron chi connectivity index (χ1n) is 9.47. The van der Waals surface area contributed by atoms with Crippen molar-refractivity contribution in [1.82, 2.24) is 4.98 Å². The number of aromatic nitrogens is 1. The molecule has 0 radical (unpaired) electrons. The van der Waals surface area contributed by atoms with Gasteiger partial charge in [0.25, 0.3) is 0 Å². The monoisotopic (exact) mass is 387 g/mol. The summed E-state index contributed by atoms with van der Waals surface area (Å²) in [5.74, 6) is 0.767. The first kappa shape index (κ1) is 18.3. The zero-order chi connectivity index (χ0) is 18.8. The van der Waals surface area contributed by atoms with Crippen molar-refractivity contribution in [2.75, 3.05) is 30.4 Å². The fourth-order valence-electron chi connectivity index (χ4n) is 3.42. The molecule has 1 aliphatic carbocycles. The number of piperidine rings is 1. The van der Waals surface area contributed by atoms with Crippen LogP contribution in [0.1, 0.15) is 31.2 Å². The molecule has 2 unspecified atom stereocenters. The number of ether oxygens (including phenoxy) is 2. The number of anilines is 2. The van der Waals surface area contributed by atoms with Crippen molar-refractivity contribution < 1.29 is 14.3 Å². The number of benzene rings is 1. The van der Waals surface area contributed by atoms with E-state index in [1.165, 1.54) is 19.3 Å². The topological polar surface area (TPSA) is 63.7 Å². The molecule has 2 atom stereocenters. The van der Waals surface area contributed by atoms with Crippen LogP contribution >= 0.6 is 11.3 Å². The maximum absolute atomic E-state index is 12.2. The lowest BCUT2D eigenvalue weighted by atomic mass is 10.1. The number of amides is 1. The maximum Gasteiger partial charge on any atom is 0.230 e. The molecule has 1 aliphatic heterocycles. The summed E-state index contributed by atoms with van der Waals surface area (Å²) in [6.07, 6.45) is 6.42. The van der Waals surface area contributed by atoms with Crippen LogP contribution in [0, 0.1) is 12.8 Å². The zero-order valence-corrected chi connectivity index (χ0v) is 16.6. The molecule has 144 valence electrons. The van der Waals surface area contributed by atoms with Gasteiger partial charge in [0.1, 0.15) is 5.75 Å². The average molecular weight is 388 g/mol. The maximum atomic E-state index is 12.2. The van der Waals surface area contributed by atoms with Crippen LogP contribution in [0.15, 0.2) is 24.4 Å². The first-order chi connectivity index (χ1) is 13.1. The Morgan fingerprint density at radius 1 is 1.30 bits per heavy atom. The number of nitrogens with zero attached hydrogens (tertiary/aromatic N) is 2. The van der Waals surface area contributed by atoms with Crippen molar-refractivity contribution >= 4 is 28.1 Å². The van der Waals surface area contributed by atoms with Gasteiger partial charge in [-0.3, -0.25) is 4.79 Å². The number of carbonyl (C=O) groups excluding carboxylic acids is 1. The smallest absolute Gasteiger partial charge is 0.230 e. The molecule has 27 heavy (non-hydrogen) atoms. The van der Waals surface area contributed by atoms with Crippen molar-refractivity contribution in [3.8, 4) is 10.8 Å². The van der Waals surface area contributed by atoms with Gasteiger partial charge in [-0.15, -0.1) is 0 Å². The molecule has 0 spiro atoms. The minimum absolute atomic E-state index is 0.0172. The molecule has 1 aromatic carbocycles. The number of hydrogen-bond donors (Lipinski definition) is 1. The Balaban J connectivity index is 1.38. The Kier molecular flexibility index (Phi) is 5.31. The summed E-state index contributed by atoms with van der Waals surface area (Å²) >= 11 is 1.58. The number of methoxy groups -OCH3 is 1. The number of rotatable bonds is 6. The summed E-state index contributed by atoms with van der Waals surface area (Å²) in [6, 6.07) is 5.70. The Bertz CT molecular complexity index is 817. The Morgan fingerprint density at radius 3 is 2.81 bits per heavy atom. The lowest BCUT2D eigenvalue weighted by molar-refractivity contribution is -0.118. The van der Waals surface area contributed by atoms with Crippen LogP contribution < -0.4 is 15.0 Å². The molecule has 0 bridgehead atoms. The molecule has 1 amide bonds. The summed E-state index contributed by atoms with van der Waals surface area (Å²) in [5.41, 5.74) is 1.75.